The van der Waals surface area contributed by atoms with E-state index in [2.05, 4.69) is 47.7 Å². The number of amides is 1. The molecule has 36 heavy (non-hydrogen) atoms. The zero-order valence-corrected chi connectivity index (χ0v) is 20.4. The number of hydrogen-bond donors (Lipinski definition) is 2. The Morgan fingerprint density at radius 3 is 2.64 bits per heavy atom. The van der Waals surface area contributed by atoms with Gasteiger partial charge in [-0.1, -0.05) is 50.2 Å². The van der Waals surface area contributed by atoms with Crippen molar-refractivity contribution >= 4 is 28.0 Å². The fourth-order valence-corrected chi connectivity index (χ4v) is 4.35. The topological polar surface area (TPSA) is 84.2 Å². The molecule has 1 aliphatic rings. The van der Waals surface area contributed by atoms with E-state index >= 15 is 0 Å². The Labute approximate surface area is 209 Å². The van der Waals surface area contributed by atoms with Gasteiger partial charge in [0.25, 0.3) is 5.91 Å². The first kappa shape index (κ1) is 22.2. The Hall–Kier alpha value is -4.26. The molecule has 1 aliphatic carbocycles. The highest BCUT2D eigenvalue weighted by Crippen LogP contribution is 2.31. The van der Waals surface area contributed by atoms with Gasteiger partial charge in [0, 0.05) is 47.1 Å². The Balaban J connectivity index is 1.45. The lowest BCUT2D eigenvalue weighted by molar-refractivity contribution is 0.0951. The minimum atomic E-state index is -0.0220. The molecule has 7 nitrogen and oxygen atoms in total. The number of fused-ring (bicyclic) bond motifs is 2. The molecule has 1 amide bonds. The smallest absolute Gasteiger partial charge is 0.251 e. The predicted molar refractivity (Wildman–Crippen MR) is 143 cm³/mol. The Morgan fingerprint density at radius 2 is 1.86 bits per heavy atom. The lowest BCUT2D eigenvalue weighted by Crippen LogP contribution is -2.25. The monoisotopic (exact) mass is 476 g/mol. The second kappa shape index (κ2) is 9.07. The molecule has 7 heteroatoms. The third-order valence-electron chi connectivity index (χ3n) is 6.47. The normalized spacial score (nSPS) is 13.4. The van der Waals surface area contributed by atoms with E-state index in [4.69, 9.17) is 10.1 Å². The van der Waals surface area contributed by atoms with Crippen LogP contribution in [0.2, 0.25) is 0 Å². The third-order valence-corrected chi connectivity index (χ3v) is 6.47. The maximum atomic E-state index is 12.4. The second-order valence-corrected chi connectivity index (χ2v) is 9.83. The van der Waals surface area contributed by atoms with Crippen molar-refractivity contribution < 1.29 is 4.79 Å². The summed E-state index contributed by atoms with van der Waals surface area (Å²) in [5.74, 6) is 0.455. The first-order valence-corrected chi connectivity index (χ1v) is 12.4. The molecule has 1 saturated carbocycles. The lowest BCUT2D eigenvalue weighted by atomic mass is 10.0. The van der Waals surface area contributed by atoms with Crippen molar-refractivity contribution in [2.75, 3.05) is 11.9 Å². The number of carbonyl (C=O) groups excluding carboxylic acids is 1. The Bertz CT molecular complexity index is 1560. The summed E-state index contributed by atoms with van der Waals surface area (Å²) in [5.41, 5.74) is 5.94. The van der Waals surface area contributed by atoms with Gasteiger partial charge in [0.15, 0.2) is 5.65 Å². The van der Waals surface area contributed by atoms with E-state index in [-0.39, 0.29) is 5.91 Å². The van der Waals surface area contributed by atoms with Crippen molar-refractivity contribution in [2.24, 2.45) is 5.92 Å². The average molecular weight is 477 g/mol. The van der Waals surface area contributed by atoms with Crippen LogP contribution in [0.5, 0.6) is 0 Å². The van der Waals surface area contributed by atoms with Gasteiger partial charge >= 0.3 is 0 Å². The number of carbonyl (C=O) groups is 1. The standard InChI is InChI=1S/C29H28N6O/c1-18(2)14-31-26-13-25(24-16-30-15-21-5-3-4-6-23(21)24)34-35-27(17-32-28(26)35)19-7-9-20(10-8-19)29(36)33-22-11-12-22/h3-10,13,15-18,22,31H,11-12,14H2,1-2H3,(H,33,36). The van der Waals surface area contributed by atoms with Crippen LogP contribution in [-0.2, 0) is 0 Å². The summed E-state index contributed by atoms with van der Waals surface area (Å²) in [6.07, 6.45) is 7.72. The van der Waals surface area contributed by atoms with Crippen molar-refractivity contribution in [3.63, 3.8) is 0 Å². The molecule has 3 heterocycles. The van der Waals surface area contributed by atoms with Crippen molar-refractivity contribution in [3.8, 4) is 22.5 Å². The van der Waals surface area contributed by atoms with Gasteiger partial charge in [-0.05, 0) is 42.3 Å². The number of hydrogen-bond acceptors (Lipinski definition) is 5. The first-order valence-electron chi connectivity index (χ1n) is 12.4. The molecule has 0 unspecified atom stereocenters. The lowest BCUT2D eigenvalue weighted by Gasteiger charge is -2.13. The van der Waals surface area contributed by atoms with E-state index < -0.39 is 0 Å². The van der Waals surface area contributed by atoms with Crippen LogP contribution in [0.25, 0.3) is 38.9 Å². The van der Waals surface area contributed by atoms with E-state index in [0.717, 1.165) is 64.0 Å². The van der Waals surface area contributed by atoms with Gasteiger partial charge in [-0.2, -0.15) is 5.10 Å². The summed E-state index contributed by atoms with van der Waals surface area (Å²) >= 11 is 0. The zero-order valence-electron chi connectivity index (χ0n) is 20.4. The van der Waals surface area contributed by atoms with Crippen molar-refractivity contribution in [1.82, 2.24) is 24.9 Å². The minimum Gasteiger partial charge on any atom is -0.382 e. The van der Waals surface area contributed by atoms with Gasteiger partial charge in [-0.25, -0.2) is 9.50 Å². The molecule has 3 aromatic heterocycles. The molecular weight excluding hydrogens is 448 g/mol. The van der Waals surface area contributed by atoms with Crippen molar-refractivity contribution in [3.05, 3.63) is 78.8 Å². The van der Waals surface area contributed by atoms with Crippen LogP contribution >= 0.6 is 0 Å². The molecule has 0 aliphatic heterocycles. The summed E-state index contributed by atoms with van der Waals surface area (Å²) in [5, 5.41) is 13.8. The van der Waals surface area contributed by atoms with E-state index in [1.54, 1.807) is 0 Å². The molecule has 0 spiro atoms. The van der Waals surface area contributed by atoms with Gasteiger partial charge in [0.05, 0.1) is 23.3 Å². The van der Waals surface area contributed by atoms with Crippen LogP contribution in [0.1, 0.15) is 37.0 Å². The van der Waals surface area contributed by atoms with Gasteiger partial charge in [0.1, 0.15) is 0 Å². The summed E-state index contributed by atoms with van der Waals surface area (Å²) in [6.45, 7) is 5.18. The molecular formula is C29H28N6O. The number of imidazole rings is 1. The molecule has 1 fully saturated rings. The summed E-state index contributed by atoms with van der Waals surface area (Å²) in [7, 11) is 0. The van der Waals surface area contributed by atoms with Crippen molar-refractivity contribution in [1.29, 1.82) is 0 Å². The van der Waals surface area contributed by atoms with E-state index in [1.807, 2.05) is 59.5 Å². The molecule has 5 aromatic rings. The Kier molecular flexibility index (Phi) is 5.60. The number of nitrogens with one attached hydrogen (secondary N) is 2. The summed E-state index contributed by atoms with van der Waals surface area (Å²) in [4.78, 5) is 21.6. The molecule has 6 rings (SSSR count). The maximum Gasteiger partial charge on any atom is 0.251 e. The number of benzene rings is 2. The SMILES string of the molecule is CC(C)CNc1cc(-c2cncc3ccccc23)nn2c(-c3ccc(C(=O)NC4CC4)cc3)cnc12. The zero-order chi connectivity index (χ0) is 24.6. The highest BCUT2D eigenvalue weighted by Gasteiger charge is 2.24. The van der Waals surface area contributed by atoms with Crippen molar-refractivity contribution in [2.45, 2.75) is 32.7 Å². The van der Waals surface area contributed by atoms with Crippen LogP contribution in [0.4, 0.5) is 5.69 Å². The van der Waals surface area contributed by atoms with Crippen LogP contribution in [-0.4, -0.2) is 38.1 Å². The molecule has 180 valence electrons. The fraction of sp³-hybridized carbons (Fsp3) is 0.241. The van der Waals surface area contributed by atoms with Gasteiger partial charge < -0.3 is 10.6 Å². The molecule has 0 bridgehead atoms. The highest BCUT2D eigenvalue weighted by molar-refractivity contribution is 5.96. The minimum absolute atomic E-state index is 0.0220. The molecule has 0 atom stereocenters. The van der Waals surface area contributed by atoms with Gasteiger partial charge in [-0.3, -0.25) is 9.78 Å². The van der Waals surface area contributed by atoms with Crippen LogP contribution in [0.3, 0.4) is 0 Å². The molecule has 0 radical (unpaired) electrons. The van der Waals surface area contributed by atoms with E-state index in [0.29, 0.717) is 17.5 Å². The number of pyridine rings is 1. The largest absolute Gasteiger partial charge is 0.382 e. The average Bonchev–Trinajstić information content (AvgIpc) is 3.61. The quantitative estimate of drug-likeness (QED) is 0.321. The van der Waals surface area contributed by atoms with Crippen LogP contribution < -0.4 is 10.6 Å². The fourth-order valence-electron chi connectivity index (χ4n) is 4.35. The number of rotatable bonds is 7. The molecule has 0 saturated heterocycles. The summed E-state index contributed by atoms with van der Waals surface area (Å²) in [6, 6.07) is 18.2. The Morgan fingerprint density at radius 1 is 1.06 bits per heavy atom. The third kappa shape index (κ3) is 4.28. The molecule has 2 aromatic carbocycles. The highest BCUT2D eigenvalue weighted by atomic mass is 16.1. The van der Waals surface area contributed by atoms with E-state index in [1.165, 1.54) is 0 Å². The van der Waals surface area contributed by atoms with Crippen LogP contribution in [0, 0.1) is 5.92 Å². The van der Waals surface area contributed by atoms with E-state index in [9.17, 15) is 4.79 Å². The maximum absolute atomic E-state index is 12.4. The van der Waals surface area contributed by atoms with Gasteiger partial charge in [-0.15, -0.1) is 0 Å². The molecule has 2 N–H and O–H groups in total. The van der Waals surface area contributed by atoms with Gasteiger partial charge in [0.2, 0.25) is 0 Å². The second-order valence-electron chi connectivity index (χ2n) is 9.83. The number of nitrogens with zero attached hydrogens (tertiary/aromatic N) is 4. The predicted octanol–water partition coefficient (Wildman–Crippen LogP) is 5.57. The summed E-state index contributed by atoms with van der Waals surface area (Å²) < 4.78 is 1.89. The van der Waals surface area contributed by atoms with Crippen LogP contribution in [0.15, 0.2) is 73.2 Å². The number of anilines is 1. The number of aromatic nitrogens is 4. The first-order chi connectivity index (χ1) is 17.6.